The number of nitrogens with two attached hydrogens (primary N) is 1. The van der Waals surface area contributed by atoms with Crippen LogP contribution in [0.2, 0.25) is 5.02 Å². The van der Waals surface area contributed by atoms with E-state index in [1.54, 1.807) is 24.4 Å². The van der Waals surface area contributed by atoms with Crippen molar-refractivity contribution in [3.8, 4) is 16.9 Å². The van der Waals surface area contributed by atoms with Crippen molar-refractivity contribution in [2.75, 3.05) is 32.0 Å². The highest BCUT2D eigenvalue weighted by Crippen LogP contribution is 2.35. The molecule has 0 spiro atoms. The summed E-state index contributed by atoms with van der Waals surface area (Å²) in [6.45, 7) is 3.26. The summed E-state index contributed by atoms with van der Waals surface area (Å²) in [4.78, 5) is 19.3. The van der Waals surface area contributed by atoms with Gasteiger partial charge >= 0.3 is 0 Å². The van der Waals surface area contributed by atoms with E-state index in [9.17, 15) is 4.79 Å². The number of nitrogens with one attached hydrogen (secondary N) is 2. The minimum Gasteiger partial charge on any atom is -0.491 e. The molecule has 196 valence electrons. The lowest BCUT2D eigenvalue weighted by molar-refractivity contribution is 0.0957. The van der Waals surface area contributed by atoms with Crippen LogP contribution in [0.3, 0.4) is 0 Å². The van der Waals surface area contributed by atoms with E-state index in [4.69, 9.17) is 27.5 Å². The number of aryl methyl sites for hydroxylation is 1. The second kappa shape index (κ2) is 10.4. The van der Waals surface area contributed by atoms with E-state index in [0.717, 1.165) is 41.8 Å². The Labute approximate surface area is 227 Å². The van der Waals surface area contributed by atoms with Gasteiger partial charge in [0.15, 0.2) is 0 Å². The number of halogens is 1. The number of carbonyl (C=O) groups is 1. The van der Waals surface area contributed by atoms with Crippen LogP contribution in [0.1, 0.15) is 58.3 Å². The van der Waals surface area contributed by atoms with Crippen molar-refractivity contribution >= 4 is 29.0 Å². The molecule has 0 saturated carbocycles. The number of pyridine rings is 1. The monoisotopic (exact) mass is 529 g/mol. The second-order valence-corrected chi connectivity index (χ2v) is 10.8. The Morgan fingerprint density at radius 1 is 1.11 bits per heavy atom. The third kappa shape index (κ3) is 4.76. The summed E-state index contributed by atoms with van der Waals surface area (Å²) in [6, 6.07) is 12.0. The molecule has 4 N–H and O–H groups in total. The fourth-order valence-corrected chi connectivity index (χ4v) is 6.34. The number of hydrogen-bond acceptors (Lipinski definition) is 6. The fraction of sp³-hybridized carbons (Fsp3) is 0.367. The van der Waals surface area contributed by atoms with Gasteiger partial charge < -0.3 is 20.7 Å². The minimum absolute atomic E-state index is 0.175. The standard InChI is InChI=1S/C30H32ClN5O2/c31-26-15-20(13-18-3-5-22(6-8-23(18)26)36-10-1-2-11-36)21-14-25(29(33)35-17-21)28(32)19-4-7-24-27(16-19)38-12-9-34-30(24)37/h4,7,13-17,22,32H,1-3,5-6,8-12H2,(H2,33,35)(H,34,37). The van der Waals surface area contributed by atoms with Gasteiger partial charge in [-0.1, -0.05) is 23.7 Å². The molecule has 0 bridgehead atoms. The Kier molecular flexibility index (Phi) is 6.80. The molecule has 1 amide bonds. The lowest BCUT2D eigenvalue weighted by Crippen LogP contribution is -2.32. The van der Waals surface area contributed by atoms with Crippen LogP contribution in [0, 0.1) is 5.41 Å². The van der Waals surface area contributed by atoms with E-state index in [-0.39, 0.29) is 17.4 Å². The van der Waals surface area contributed by atoms with Gasteiger partial charge in [-0.15, -0.1) is 0 Å². The number of likely N-dealkylation sites (tertiary alicyclic amines) is 1. The Balaban J connectivity index is 1.29. The highest BCUT2D eigenvalue weighted by molar-refractivity contribution is 6.31. The number of nitrogens with zero attached hydrogens (tertiary/aromatic N) is 2. The van der Waals surface area contributed by atoms with Crippen LogP contribution in [0.5, 0.6) is 5.75 Å². The van der Waals surface area contributed by atoms with Crippen LogP contribution < -0.4 is 15.8 Å². The van der Waals surface area contributed by atoms with Crippen LogP contribution in [0.4, 0.5) is 5.82 Å². The lowest BCUT2D eigenvalue weighted by Gasteiger charge is -2.26. The average Bonchev–Trinajstić information content (AvgIpc) is 3.29. The van der Waals surface area contributed by atoms with E-state index >= 15 is 0 Å². The Morgan fingerprint density at radius 3 is 2.76 bits per heavy atom. The van der Waals surface area contributed by atoms with Crippen molar-refractivity contribution < 1.29 is 9.53 Å². The van der Waals surface area contributed by atoms with Gasteiger partial charge in [0.1, 0.15) is 18.2 Å². The molecule has 1 unspecified atom stereocenters. The predicted molar refractivity (Wildman–Crippen MR) is 151 cm³/mol. The third-order valence-corrected chi connectivity index (χ3v) is 8.44. The summed E-state index contributed by atoms with van der Waals surface area (Å²) in [5.74, 6) is 0.571. The molecule has 0 radical (unpaired) electrons. The molecular formula is C30H32ClN5O2. The van der Waals surface area contributed by atoms with Gasteiger partial charge in [0.2, 0.25) is 0 Å². The van der Waals surface area contributed by atoms with E-state index < -0.39 is 0 Å². The molecule has 1 aromatic heterocycles. The molecule has 3 aromatic rings. The summed E-state index contributed by atoms with van der Waals surface area (Å²) in [6.07, 6.45) is 8.69. The maximum atomic E-state index is 12.3. The van der Waals surface area contributed by atoms with Crippen molar-refractivity contribution in [2.45, 2.75) is 44.6 Å². The van der Waals surface area contributed by atoms with Crippen LogP contribution in [-0.4, -0.2) is 53.8 Å². The number of fused-ring (bicyclic) bond motifs is 2. The van der Waals surface area contributed by atoms with Crippen molar-refractivity contribution in [3.63, 3.8) is 0 Å². The van der Waals surface area contributed by atoms with E-state index in [0.29, 0.717) is 41.6 Å². The Bertz CT molecular complexity index is 1420. The van der Waals surface area contributed by atoms with Crippen LogP contribution in [0.25, 0.3) is 11.1 Å². The first-order valence-corrected chi connectivity index (χ1v) is 13.8. The number of hydrogen-bond donors (Lipinski definition) is 3. The van der Waals surface area contributed by atoms with Gasteiger partial charge in [0, 0.05) is 34.0 Å². The number of benzene rings is 2. The minimum atomic E-state index is -0.175. The number of amides is 1. The van der Waals surface area contributed by atoms with Gasteiger partial charge in [-0.05, 0) is 92.6 Å². The van der Waals surface area contributed by atoms with Crippen LogP contribution >= 0.6 is 11.6 Å². The normalized spacial score (nSPS) is 19.5. The molecular weight excluding hydrogens is 498 g/mol. The molecule has 8 heteroatoms. The Hall–Kier alpha value is -3.42. The average molecular weight is 530 g/mol. The Morgan fingerprint density at radius 2 is 1.92 bits per heavy atom. The van der Waals surface area contributed by atoms with Gasteiger partial charge in [-0.25, -0.2) is 4.98 Å². The molecule has 7 nitrogen and oxygen atoms in total. The van der Waals surface area contributed by atoms with Crippen molar-refractivity contribution in [3.05, 3.63) is 75.4 Å². The van der Waals surface area contributed by atoms with E-state index in [1.807, 2.05) is 12.1 Å². The molecule has 3 aliphatic rings. The zero-order valence-electron chi connectivity index (χ0n) is 21.4. The van der Waals surface area contributed by atoms with Gasteiger partial charge in [0.05, 0.1) is 17.8 Å². The number of carbonyl (C=O) groups excluding carboxylic acids is 1. The fourth-order valence-electron chi connectivity index (χ4n) is 6.01. The molecule has 2 aromatic carbocycles. The largest absolute Gasteiger partial charge is 0.491 e. The molecule has 1 atom stereocenters. The zero-order valence-corrected chi connectivity index (χ0v) is 22.1. The maximum absolute atomic E-state index is 12.3. The van der Waals surface area contributed by atoms with Gasteiger partial charge in [-0.2, -0.15) is 0 Å². The molecule has 38 heavy (non-hydrogen) atoms. The van der Waals surface area contributed by atoms with Crippen molar-refractivity contribution in [1.82, 2.24) is 15.2 Å². The molecule has 1 fully saturated rings. The SMILES string of the molecule is N=C(c1ccc2c(c1)OCCNC2=O)c1cc(-c2cc(Cl)c3c(c2)CCC(N2CCCC2)CC3)cnc1N. The summed E-state index contributed by atoms with van der Waals surface area (Å²) >= 11 is 6.85. The number of anilines is 1. The highest BCUT2D eigenvalue weighted by Gasteiger charge is 2.26. The second-order valence-electron chi connectivity index (χ2n) is 10.4. The summed E-state index contributed by atoms with van der Waals surface area (Å²) in [5, 5.41) is 12.5. The smallest absolute Gasteiger partial charge is 0.255 e. The molecule has 3 heterocycles. The van der Waals surface area contributed by atoms with Gasteiger partial charge in [0.25, 0.3) is 5.91 Å². The summed E-state index contributed by atoms with van der Waals surface area (Å²) < 4.78 is 5.74. The first kappa shape index (κ1) is 24.9. The third-order valence-electron chi connectivity index (χ3n) is 8.10. The van der Waals surface area contributed by atoms with Crippen LogP contribution in [0.15, 0.2) is 42.6 Å². The molecule has 1 aliphatic carbocycles. The summed E-state index contributed by atoms with van der Waals surface area (Å²) in [5.41, 5.74) is 12.5. The lowest BCUT2D eigenvalue weighted by atomic mass is 9.94. The quantitative estimate of drug-likeness (QED) is 0.330. The highest BCUT2D eigenvalue weighted by atomic mass is 35.5. The van der Waals surface area contributed by atoms with E-state index in [2.05, 4.69) is 21.3 Å². The van der Waals surface area contributed by atoms with Gasteiger partial charge in [-0.3, -0.25) is 10.2 Å². The summed E-state index contributed by atoms with van der Waals surface area (Å²) in [7, 11) is 0. The maximum Gasteiger partial charge on any atom is 0.255 e. The number of nitrogen functional groups attached to an aromatic ring is 1. The molecule has 6 rings (SSSR count). The van der Waals surface area contributed by atoms with E-state index in [1.165, 1.54) is 37.1 Å². The first-order chi connectivity index (χ1) is 18.5. The number of aromatic nitrogens is 1. The first-order valence-electron chi connectivity index (χ1n) is 13.4. The zero-order chi connectivity index (χ0) is 26.2. The topological polar surface area (TPSA) is 104 Å². The van der Waals surface area contributed by atoms with Crippen molar-refractivity contribution in [1.29, 1.82) is 5.41 Å². The predicted octanol–water partition coefficient (Wildman–Crippen LogP) is 4.87. The number of ether oxygens (including phenoxy) is 1. The van der Waals surface area contributed by atoms with Crippen LogP contribution in [-0.2, 0) is 12.8 Å². The van der Waals surface area contributed by atoms with Crippen molar-refractivity contribution in [2.24, 2.45) is 0 Å². The number of rotatable bonds is 4. The molecule has 2 aliphatic heterocycles. The molecule has 1 saturated heterocycles.